The molecule has 0 aliphatic carbocycles. The van der Waals surface area contributed by atoms with E-state index in [1.807, 2.05) is 13.8 Å². The summed E-state index contributed by atoms with van der Waals surface area (Å²) in [4.78, 5) is 0. The Morgan fingerprint density at radius 1 is 1.25 bits per heavy atom. The van der Waals surface area contributed by atoms with E-state index in [1.165, 1.54) is 12.1 Å². The minimum absolute atomic E-state index is 0.126. The lowest BCUT2D eigenvalue weighted by Crippen LogP contribution is -2.12. The van der Waals surface area contributed by atoms with Crippen LogP contribution in [0, 0.1) is 11.6 Å². The Kier molecular flexibility index (Phi) is 2.50. The van der Waals surface area contributed by atoms with Crippen LogP contribution in [-0.2, 0) is 0 Å². The second-order valence-corrected chi connectivity index (χ2v) is 3.06. The summed E-state index contributed by atoms with van der Waals surface area (Å²) in [5.41, 5.74) is 0.588. The molecule has 2 radical (unpaired) electrons. The van der Waals surface area contributed by atoms with Crippen LogP contribution in [-0.4, -0.2) is 7.85 Å². The first-order valence-corrected chi connectivity index (χ1v) is 3.76. The van der Waals surface area contributed by atoms with Crippen molar-refractivity contribution >= 4 is 13.3 Å². The highest BCUT2D eigenvalue weighted by Gasteiger charge is 2.08. The van der Waals surface area contributed by atoms with Crippen molar-refractivity contribution in [3.05, 3.63) is 29.3 Å². The molecule has 0 heterocycles. The number of hydrogen-bond acceptors (Lipinski definition) is 0. The number of rotatable bonds is 1. The molecule has 62 valence electrons. The Balaban J connectivity index is 3.21. The van der Waals surface area contributed by atoms with Gasteiger partial charge in [0.25, 0.3) is 0 Å². The molecule has 0 saturated carbocycles. The maximum Gasteiger partial charge on any atom is 0.158 e. The largest absolute Gasteiger partial charge is 0.204 e. The highest BCUT2D eigenvalue weighted by Crippen LogP contribution is 2.15. The molecule has 0 aliphatic heterocycles. The maximum atomic E-state index is 12.7. The molecule has 0 spiro atoms. The van der Waals surface area contributed by atoms with E-state index in [0.717, 1.165) is 0 Å². The van der Waals surface area contributed by atoms with Crippen LogP contribution >= 0.6 is 0 Å². The number of benzene rings is 1. The van der Waals surface area contributed by atoms with E-state index >= 15 is 0 Å². The molecule has 3 heteroatoms. The van der Waals surface area contributed by atoms with Crippen LogP contribution in [0.25, 0.3) is 0 Å². The molecule has 0 bridgehead atoms. The van der Waals surface area contributed by atoms with Crippen molar-refractivity contribution in [1.29, 1.82) is 0 Å². The number of hydrogen-bond donors (Lipinski definition) is 0. The summed E-state index contributed by atoms with van der Waals surface area (Å²) >= 11 is 0. The van der Waals surface area contributed by atoms with Gasteiger partial charge < -0.3 is 0 Å². The van der Waals surface area contributed by atoms with E-state index < -0.39 is 11.6 Å². The van der Waals surface area contributed by atoms with Crippen molar-refractivity contribution in [2.24, 2.45) is 0 Å². The molecular weight excluding hydrogens is 157 g/mol. The molecule has 0 aliphatic rings. The Hall–Kier alpha value is -0.855. The zero-order valence-corrected chi connectivity index (χ0v) is 7.07. The van der Waals surface area contributed by atoms with Crippen molar-refractivity contribution < 1.29 is 8.78 Å². The minimum atomic E-state index is -0.959. The smallest absolute Gasteiger partial charge is 0.158 e. The van der Waals surface area contributed by atoms with E-state index in [-0.39, 0.29) is 11.4 Å². The highest BCUT2D eigenvalue weighted by atomic mass is 19.2. The molecule has 0 atom stereocenters. The summed E-state index contributed by atoms with van der Waals surface area (Å²) in [5, 5.41) is 0. The van der Waals surface area contributed by atoms with Crippen molar-refractivity contribution in [3.63, 3.8) is 0 Å². The fourth-order valence-corrected chi connectivity index (χ4v) is 0.965. The Morgan fingerprint density at radius 3 is 2.25 bits per heavy atom. The molecule has 0 aromatic heterocycles. The van der Waals surface area contributed by atoms with Crippen LogP contribution in [0.1, 0.15) is 25.3 Å². The highest BCUT2D eigenvalue weighted by molar-refractivity contribution is 6.32. The molecule has 0 amide bonds. The molecule has 0 nitrogen and oxygen atoms in total. The van der Waals surface area contributed by atoms with E-state index in [4.69, 9.17) is 7.85 Å². The fraction of sp³-hybridized carbons (Fsp3) is 0.333. The number of halogens is 2. The van der Waals surface area contributed by atoms with Crippen molar-refractivity contribution in [2.75, 3.05) is 0 Å². The van der Waals surface area contributed by atoms with Gasteiger partial charge in [0.15, 0.2) is 11.6 Å². The van der Waals surface area contributed by atoms with Gasteiger partial charge in [-0.15, -0.1) is 0 Å². The van der Waals surface area contributed by atoms with Crippen LogP contribution in [0.15, 0.2) is 12.1 Å². The van der Waals surface area contributed by atoms with Crippen LogP contribution in [0.5, 0.6) is 0 Å². The first-order valence-electron chi connectivity index (χ1n) is 3.76. The van der Waals surface area contributed by atoms with Gasteiger partial charge in [0.05, 0.1) is 0 Å². The third-order valence-electron chi connectivity index (χ3n) is 1.75. The van der Waals surface area contributed by atoms with Crippen molar-refractivity contribution in [3.8, 4) is 0 Å². The van der Waals surface area contributed by atoms with Crippen LogP contribution in [0.4, 0.5) is 8.78 Å². The molecule has 0 N–H and O–H groups in total. The lowest BCUT2D eigenvalue weighted by Gasteiger charge is -2.07. The van der Waals surface area contributed by atoms with Gasteiger partial charge in [-0.1, -0.05) is 25.4 Å². The minimum Gasteiger partial charge on any atom is -0.204 e. The quantitative estimate of drug-likeness (QED) is 0.558. The average molecular weight is 166 g/mol. The van der Waals surface area contributed by atoms with Gasteiger partial charge in [-0.2, -0.15) is 0 Å². The Labute approximate surface area is 72.0 Å². The lowest BCUT2D eigenvalue weighted by molar-refractivity contribution is 0.512. The summed E-state index contributed by atoms with van der Waals surface area (Å²) in [6, 6.07) is 2.64. The fourth-order valence-electron chi connectivity index (χ4n) is 0.965. The first kappa shape index (κ1) is 9.23. The monoisotopic (exact) mass is 166 g/mol. The lowest BCUT2D eigenvalue weighted by atomic mass is 9.90. The molecule has 0 unspecified atom stereocenters. The van der Waals surface area contributed by atoms with Gasteiger partial charge in [-0.05, 0) is 17.5 Å². The van der Waals surface area contributed by atoms with Crippen LogP contribution in [0.2, 0.25) is 0 Å². The molecule has 0 saturated heterocycles. The van der Waals surface area contributed by atoms with E-state index in [1.54, 1.807) is 0 Å². The molecule has 1 aromatic rings. The molecule has 1 rings (SSSR count). The summed E-state index contributed by atoms with van der Waals surface area (Å²) in [7, 11) is 5.24. The predicted octanol–water partition coefficient (Wildman–Crippen LogP) is 1.88. The molecule has 12 heavy (non-hydrogen) atoms. The summed E-state index contributed by atoms with van der Waals surface area (Å²) in [5.74, 6) is -1.68. The Morgan fingerprint density at radius 2 is 1.83 bits per heavy atom. The average Bonchev–Trinajstić information content (AvgIpc) is 1.99. The molecule has 0 fully saturated rings. The third kappa shape index (κ3) is 1.66. The van der Waals surface area contributed by atoms with E-state index in [0.29, 0.717) is 5.56 Å². The van der Waals surface area contributed by atoms with Gasteiger partial charge in [0, 0.05) is 0 Å². The van der Waals surface area contributed by atoms with Gasteiger partial charge in [-0.25, -0.2) is 8.78 Å². The van der Waals surface area contributed by atoms with E-state index in [9.17, 15) is 8.78 Å². The van der Waals surface area contributed by atoms with Gasteiger partial charge >= 0.3 is 0 Å². The third-order valence-corrected chi connectivity index (χ3v) is 1.75. The summed E-state index contributed by atoms with van der Waals surface area (Å²) < 4.78 is 25.4. The zero-order valence-electron chi connectivity index (χ0n) is 7.07. The van der Waals surface area contributed by atoms with Crippen LogP contribution in [0.3, 0.4) is 0 Å². The molecule has 1 aromatic carbocycles. The second-order valence-electron chi connectivity index (χ2n) is 3.06. The molecular formula is C9H9BF2. The van der Waals surface area contributed by atoms with Crippen molar-refractivity contribution in [1.82, 2.24) is 0 Å². The summed E-state index contributed by atoms with van der Waals surface area (Å²) in [6.45, 7) is 3.79. The van der Waals surface area contributed by atoms with E-state index in [2.05, 4.69) is 0 Å². The SMILES string of the molecule is [B]c1cc(C(C)C)cc(F)c1F. The summed E-state index contributed by atoms with van der Waals surface area (Å²) in [6.07, 6.45) is 0. The Bertz CT molecular complexity index is 272. The normalized spacial score (nSPS) is 10.8. The maximum absolute atomic E-state index is 12.7. The van der Waals surface area contributed by atoms with Gasteiger partial charge in [0.1, 0.15) is 7.85 Å². The van der Waals surface area contributed by atoms with Crippen molar-refractivity contribution in [2.45, 2.75) is 19.8 Å². The van der Waals surface area contributed by atoms with Gasteiger partial charge in [0.2, 0.25) is 0 Å². The van der Waals surface area contributed by atoms with Gasteiger partial charge in [-0.3, -0.25) is 0 Å². The first-order chi connectivity index (χ1) is 5.52. The van der Waals surface area contributed by atoms with Crippen LogP contribution < -0.4 is 5.46 Å². The topological polar surface area (TPSA) is 0 Å². The zero-order chi connectivity index (χ0) is 9.30. The standard InChI is InChI=1S/C9H9BF2/c1-5(2)6-3-7(10)9(12)8(11)4-6/h3-5H,1-2H3. The predicted molar refractivity (Wildman–Crippen MR) is 45.8 cm³/mol. The second kappa shape index (κ2) is 3.25.